The van der Waals surface area contributed by atoms with E-state index in [1.165, 1.54) is 37.7 Å². The molecule has 2 aromatic rings. The SMILES string of the molecule is S=C(NCCc1ccccc1)Nc1ccnn1C1CCCCC1. The molecule has 3 rings (SSSR count). The molecular weight excluding hydrogens is 304 g/mol. The van der Waals surface area contributed by atoms with E-state index in [4.69, 9.17) is 12.2 Å². The summed E-state index contributed by atoms with van der Waals surface area (Å²) < 4.78 is 2.10. The van der Waals surface area contributed by atoms with E-state index in [-0.39, 0.29) is 0 Å². The Balaban J connectivity index is 1.49. The number of nitrogens with zero attached hydrogens (tertiary/aromatic N) is 2. The van der Waals surface area contributed by atoms with Crippen LogP contribution in [0.1, 0.15) is 43.7 Å². The molecule has 2 N–H and O–H groups in total. The average Bonchev–Trinajstić information content (AvgIpc) is 3.05. The summed E-state index contributed by atoms with van der Waals surface area (Å²) >= 11 is 5.42. The minimum atomic E-state index is 0.508. The molecule has 1 aliphatic rings. The van der Waals surface area contributed by atoms with Crippen LogP contribution >= 0.6 is 12.2 Å². The Morgan fingerprint density at radius 3 is 2.70 bits per heavy atom. The molecule has 0 amide bonds. The van der Waals surface area contributed by atoms with Gasteiger partial charge in [-0.1, -0.05) is 49.6 Å². The number of aromatic nitrogens is 2. The van der Waals surface area contributed by atoms with E-state index in [0.29, 0.717) is 11.2 Å². The largest absolute Gasteiger partial charge is 0.362 e. The second kappa shape index (κ2) is 8.11. The van der Waals surface area contributed by atoms with Crippen molar-refractivity contribution in [3.05, 3.63) is 48.2 Å². The molecular formula is C18H24N4S. The highest BCUT2D eigenvalue weighted by Crippen LogP contribution is 2.29. The molecule has 1 aromatic heterocycles. The molecule has 122 valence electrons. The van der Waals surface area contributed by atoms with Crippen LogP contribution in [0.4, 0.5) is 5.82 Å². The number of anilines is 1. The third-order valence-corrected chi connectivity index (χ3v) is 4.62. The lowest BCUT2D eigenvalue weighted by molar-refractivity contribution is 0.333. The highest BCUT2D eigenvalue weighted by molar-refractivity contribution is 7.80. The molecule has 23 heavy (non-hydrogen) atoms. The Labute approximate surface area is 143 Å². The van der Waals surface area contributed by atoms with Crippen LogP contribution in [-0.2, 0) is 6.42 Å². The fourth-order valence-electron chi connectivity index (χ4n) is 3.16. The molecule has 0 spiro atoms. The molecule has 1 heterocycles. The van der Waals surface area contributed by atoms with Crippen molar-refractivity contribution in [3.8, 4) is 0 Å². The van der Waals surface area contributed by atoms with Crippen molar-refractivity contribution in [2.45, 2.75) is 44.6 Å². The van der Waals surface area contributed by atoms with Crippen molar-refractivity contribution in [2.75, 3.05) is 11.9 Å². The molecule has 0 bridgehead atoms. The molecule has 0 saturated heterocycles. The lowest BCUT2D eigenvalue weighted by Crippen LogP contribution is -2.31. The molecule has 1 fully saturated rings. The number of benzene rings is 1. The smallest absolute Gasteiger partial charge is 0.171 e. The van der Waals surface area contributed by atoms with Gasteiger partial charge in [-0.2, -0.15) is 5.10 Å². The quantitative estimate of drug-likeness (QED) is 0.817. The van der Waals surface area contributed by atoms with Gasteiger partial charge in [0.25, 0.3) is 0 Å². The van der Waals surface area contributed by atoms with Gasteiger partial charge in [-0.3, -0.25) is 0 Å². The second-order valence-electron chi connectivity index (χ2n) is 6.07. The van der Waals surface area contributed by atoms with E-state index < -0.39 is 0 Å². The zero-order valence-corrected chi connectivity index (χ0v) is 14.2. The third kappa shape index (κ3) is 4.55. The third-order valence-electron chi connectivity index (χ3n) is 4.37. The van der Waals surface area contributed by atoms with E-state index >= 15 is 0 Å². The van der Waals surface area contributed by atoms with Crippen LogP contribution in [0, 0.1) is 0 Å². The molecule has 1 saturated carbocycles. The summed E-state index contributed by atoms with van der Waals surface area (Å²) in [6.07, 6.45) is 9.18. The number of nitrogens with one attached hydrogen (secondary N) is 2. The monoisotopic (exact) mass is 328 g/mol. The van der Waals surface area contributed by atoms with Gasteiger partial charge in [-0.25, -0.2) is 4.68 Å². The topological polar surface area (TPSA) is 41.9 Å². The first-order valence-corrected chi connectivity index (χ1v) is 8.86. The maximum Gasteiger partial charge on any atom is 0.171 e. The lowest BCUT2D eigenvalue weighted by Gasteiger charge is -2.24. The maximum absolute atomic E-state index is 5.42. The van der Waals surface area contributed by atoms with Crippen LogP contribution in [0.5, 0.6) is 0 Å². The molecule has 1 aliphatic carbocycles. The summed E-state index contributed by atoms with van der Waals surface area (Å²) in [6.45, 7) is 0.827. The summed E-state index contributed by atoms with van der Waals surface area (Å²) in [5.74, 6) is 0.995. The van der Waals surface area contributed by atoms with Gasteiger partial charge in [0.15, 0.2) is 5.11 Å². The van der Waals surface area contributed by atoms with Crippen LogP contribution in [-0.4, -0.2) is 21.4 Å². The lowest BCUT2D eigenvalue weighted by atomic mass is 9.96. The maximum atomic E-state index is 5.42. The van der Waals surface area contributed by atoms with Gasteiger partial charge >= 0.3 is 0 Å². The van der Waals surface area contributed by atoms with Gasteiger partial charge < -0.3 is 10.6 Å². The van der Waals surface area contributed by atoms with Crippen molar-refractivity contribution in [1.82, 2.24) is 15.1 Å². The number of thiocarbonyl (C=S) groups is 1. The minimum absolute atomic E-state index is 0.508. The van der Waals surface area contributed by atoms with Gasteiger partial charge in [0.1, 0.15) is 5.82 Å². The van der Waals surface area contributed by atoms with Crippen molar-refractivity contribution >= 4 is 23.1 Å². The van der Waals surface area contributed by atoms with E-state index in [9.17, 15) is 0 Å². The van der Waals surface area contributed by atoms with Crippen molar-refractivity contribution < 1.29 is 0 Å². The Kier molecular flexibility index (Phi) is 5.64. The average molecular weight is 328 g/mol. The summed E-state index contributed by atoms with van der Waals surface area (Å²) in [5, 5.41) is 11.7. The van der Waals surface area contributed by atoms with E-state index in [2.05, 4.69) is 44.7 Å². The molecule has 1 aromatic carbocycles. The molecule has 4 nitrogen and oxygen atoms in total. The molecule has 0 unspecified atom stereocenters. The van der Waals surface area contributed by atoms with Crippen molar-refractivity contribution in [2.24, 2.45) is 0 Å². The standard InChI is InChI=1S/C18H24N4S/c23-18(19-13-11-15-7-3-1-4-8-15)21-17-12-14-20-22(17)16-9-5-2-6-10-16/h1,3-4,7-8,12,14,16H,2,5-6,9-11,13H2,(H2,19,21,23). The first-order chi connectivity index (χ1) is 11.3. The number of hydrogen-bond donors (Lipinski definition) is 2. The van der Waals surface area contributed by atoms with Crippen LogP contribution in [0.3, 0.4) is 0 Å². The predicted octanol–water partition coefficient (Wildman–Crippen LogP) is 3.92. The number of hydrogen-bond acceptors (Lipinski definition) is 2. The van der Waals surface area contributed by atoms with Gasteiger partial charge in [0, 0.05) is 12.6 Å². The van der Waals surface area contributed by atoms with E-state index in [1.807, 2.05) is 18.3 Å². The van der Waals surface area contributed by atoms with E-state index in [1.54, 1.807) is 0 Å². The molecule has 0 aliphatic heterocycles. The van der Waals surface area contributed by atoms with Gasteiger partial charge in [-0.15, -0.1) is 0 Å². The Morgan fingerprint density at radius 1 is 1.13 bits per heavy atom. The summed E-state index contributed by atoms with van der Waals surface area (Å²) in [7, 11) is 0. The van der Waals surface area contributed by atoms with Crippen LogP contribution in [0.2, 0.25) is 0 Å². The Bertz CT molecular complexity index is 617. The zero-order chi connectivity index (χ0) is 15.9. The first kappa shape index (κ1) is 16.0. The van der Waals surface area contributed by atoms with Crippen LogP contribution in [0.25, 0.3) is 0 Å². The first-order valence-electron chi connectivity index (χ1n) is 8.45. The highest BCUT2D eigenvalue weighted by Gasteiger charge is 2.18. The minimum Gasteiger partial charge on any atom is -0.362 e. The number of rotatable bonds is 5. The molecule has 0 atom stereocenters. The Hall–Kier alpha value is -1.88. The van der Waals surface area contributed by atoms with Gasteiger partial charge in [-0.05, 0) is 37.0 Å². The fraction of sp³-hybridized carbons (Fsp3) is 0.444. The van der Waals surface area contributed by atoms with E-state index in [0.717, 1.165) is 18.8 Å². The second-order valence-corrected chi connectivity index (χ2v) is 6.48. The zero-order valence-electron chi connectivity index (χ0n) is 13.4. The van der Waals surface area contributed by atoms with Crippen LogP contribution < -0.4 is 10.6 Å². The van der Waals surface area contributed by atoms with Crippen molar-refractivity contribution in [3.63, 3.8) is 0 Å². The summed E-state index contributed by atoms with van der Waals surface area (Å²) in [4.78, 5) is 0. The molecule has 0 radical (unpaired) electrons. The summed E-state index contributed by atoms with van der Waals surface area (Å²) in [6, 6.07) is 12.9. The summed E-state index contributed by atoms with van der Waals surface area (Å²) in [5.41, 5.74) is 1.31. The van der Waals surface area contributed by atoms with Crippen molar-refractivity contribution in [1.29, 1.82) is 0 Å². The fourth-order valence-corrected chi connectivity index (χ4v) is 3.36. The highest BCUT2D eigenvalue weighted by atomic mass is 32.1. The molecule has 5 heteroatoms. The predicted molar refractivity (Wildman–Crippen MR) is 98.7 cm³/mol. The van der Waals surface area contributed by atoms with Gasteiger partial charge in [0.2, 0.25) is 0 Å². The van der Waals surface area contributed by atoms with Crippen LogP contribution in [0.15, 0.2) is 42.6 Å². The Morgan fingerprint density at radius 2 is 1.91 bits per heavy atom. The van der Waals surface area contributed by atoms with Gasteiger partial charge in [0.05, 0.1) is 12.2 Å². The normalized spacial score (nSPS) is 15.3.